The Morgan fingerprint density at radius 3 is 2.25 bits per heavy atom. The topological polar surface area (TPSA) is 198 Å². The van der Waals surface area contributed by atoms with Gasteiger partial charge in [0.25, 0.3) is 11.8 Å². The highest BCUT2D eigenvalue weighted by Gasteiger charge is 2.37. The number of halogens is 2. The minimum Gasteiger partial charge on any atom is -0.387 e. The Morgan fingerprint density at radius 2 is 1.61 bits per heavy atom. The number of aliphatic hydroxyl groups excluding tert-OH is 1. The first-order valence-electron chi connectivity index (χ1n) is 18.7. The molecule has 1 fully saturated rings. The van der Waals surface area contributed by atoms with Gasteiger partial charge in [0, 0.05) is 68.2 Å². The van der Waals surface area contributed by atoms with Gasteiger partial charge in [0.2, 0.25) is 17.7 Å². The minimum absolute atomic E-state index is 0.0323. The zero-order valence-electron chi connectivity index (χ0n) is 32.3. The van der Waals surface area contributed by atoms with Crippen LogP contribution >= 0.6 is 0 Å². The number of nitrogens with one attached hydrogen (secondary N) is 1. The number of aliphatic hydroxyl groups is 1. The number of nitrogens with zero attached hydrogens (tertiary/aromatic N) is 3. The predicted molar refractivity (Wildman–Crippen MR) is 202 cm³/mol. The van der Waals surface area contributed by atoms with Gasteiger partial charge in [-0.3, -0.25) is 28.8 Å². The zero-order valence-corrected chi connectivity index (χ0v) is 32.3. The summed E-state index contributed by atoms with van der Waals surface area (Å²) in [5, 5.41) is 13.0. The van der Waals surface area contributed by atoms with Gasteiger partial charge in [0.05, 0.1) is 18.5 Å². The monoisotopic (exact) mass is 793 g/mol. The summed E-state index contributed by atoms with van der Waals surface area (Å²) in [4.78, 5) is 92.9. The second-order valence-corrected chi connectivity index (χ2v) is 15.0. The highest BCUT2D eigenvalue weighted by molar-refractivity contribution is 6.01. The van der Waals surface area contributed by atoms with Crippen molar-refractivity contribution in [1.29, 1.82) is 0 Å². The van der Waals surface area contributed by atoms with Crippen molar-refractivity contribution < 1.29 is 52.3 Å². The lowest BCUT2D eigenvalue weighted by molar-refractivity contribution is -0.197. The number of rotatable bonds is 20. The molecule has 3 aromatic rings. The number of primary amides is 1. The maximum Gasteiger partial charge on any atom is 0.333 e. The van der Waals surface area contributed by atoms with E-state index in [4.69, 9.17) is 10.6 Å². The predicted octanol–water partition coefficient (Wildman–Crippen LogP) is 4.27. The third-order valence-electron chi connectivity index (χ3n) is 9.42. The molecule has 2 atom stereocenters. The molecule has 1 saturated heterocycles. The molecule has 2 aromatic carbocycles. The normalized spacial score (nSPS) is 14.0. The largest absolute Gasteiger partial charge is 0.387 e. The average molecular weight is 794 g/mol. The molecular weight excluding hydrogens is 744 g/mol. The first kappa shape index (κ1) is 44.0. The van der Waals surface area contributed by atoms with E-state index in [2.05, 4.69) is 5.32 Å². The number of aromatic nitrogens is 1. The van der Waals surface area contributed by atoms with Crippen LogP contribution in [0.5, 0.6) is 0 Å². The van der Waals surface area contributed by atoms with Gasteiger partial charge >= 0.3 is 5.97 Å². The second-order valence-electron chi connectivity index (χ2n) is 15.0. The van der Waals surface area contributed by atoms with Gasteiger partial charge < -0.3 is 30.5 Å². The summed E-state index contributed by atoms with van der Waals surface area (Å²) in [6, 6.07) is 12.4. The molecule has 16 heteroatoms. The Kier molecular flexibility index (Phi) is 15.3. The highest BCUT2D eigenvalue weighted by Crippen LogP contribution is 2.41. The number of benzene rings is 2. The number of unbranched alkanes of at least 4 members (excludes halogenated alkanes) is 1. The van der Waals surface area contributed by atoms with E-state index in [0.29, 0.717) is 22.9 Å². The van der Waals surface area contributed by atoms with E-state index in [0.717, 1.165) is 23.8 Å². The molecule has 0 saturated carbocycles. The Morgan fingerprint density at radius 1 is 0.930 bits per heavy atom. The standard InChI is InChI=1S/C41H49F2N5O9/c1-41(2,3)40(32-20-27(29-21-28(42)15-16-30(29)43)24-46(32)23-26-10-5-4-6-11-26)47(38(55)25-49)19-8-7-12-33(50)31(22-34(44)51)45-35(52)13-9-14-39(56)57-48-36(53)17-18-37(48)54/h4-6,10-11,15-16,20-21,24,31,40,49H,7-9,12-14,17-19,22-23,25H2,1-3H3,(H2,44,51)(H,45,52)/t31-,40-/m0/s1. The third kappa shape index (κ3) is 12.4. The van der Waals surface area contributed by atoms with E-state index >= 15 is 4.39 Å². The Balaban J connectivity index is 1.45. The molecule has 0 radical (unpaired) electrons. The van der Waals surface area contributed by atoms with Gasteiger partial charge in [-0.25, -0.2) is 13.6 Å². The Hall–Kier alpha value is -5.77. The van der Waals surface area contributed by atoms with E-state index in [1.54, 1.807) is 12.3 Å². The van der Waals surface area contributed by atoms with Crippen molar-refractivity contribution in [2.45, 2.75) is 97.2 Å². The van der Waals surface area contributed by atoms with Gasteiger partial charge in [-0.2, -0.15) is 0 Å². The maximum absolute atomic E-state index is 15.0. The summed E-state index contributed by atoms with van der Waals surface area (Å²) in [7, 11) is 0. The van der Waals surface area contributed by atoms with E-state index in [1.165, 1.54) is 4.90 Å². The number of amides is 5. The fourth-order valence-electron chi connectivity index (χ4n) is 6.77. The molecule has 5 amide bonds. The first-order valence-corrected chi connectivity index (χ1v) is 18.7. The van der Waals surface area contributed by atoms with Crippen LogP contribution in [-0.2, 0) is 44.9 Å². The average Bonchev–Trinajstić information content (AvgIpc) is 3.70. The van der Waals surface area contributed by atoms with Crippen molar-refractivity contribution >= 4 is 41.3 Å². The third-order valence-corrected chi connectivity index (χ3v) is 9.42. The molecule has 2 heterocycles. The summed E-state index contributed by atoms with van der Waals surface area (Å²) >= 11 is 0. The summed E-state index contributed by atoms with van der Waals surface area (Å²) < 4.78 is 31.2. The van der Waals surface area contributed by atoms with Gasteiger partial charge in [0.15, 0.2) is 5.78 Å². The van der Waals surface area contributed by atoms with Crippen LogP contribution in [0.4, 0.5) is 8.78 Å². The molecule has 0 aliphatic carbocycles. The van der Waals surface area contributed by atoms with Gasteiger partial charge in [-0.15, -0.1) is 5.06 Å². The SMILES string of the molecule is CC(C)(C)[C@H](c1cc(-c2cc(F)ccc2F)cn1Cc1ccccc1)N(CCCCC(=O)[C@H](CC(N)=O)NC(=O)CCCC(=O)ON1C(=O)CCC1=O)C(=O)CO. The molecule has 1 aliphatic rings. The van der Waals surface area contributed by atoms with Crippen molar-refractivity contribution in [2.75, 3.05) is 13.2 Å². The Bertz CT molecular complexity index is 1940. The molecule has 0 unspecified atom stereocenters. The van der Waals surface area contributed by atoms with Crippen LogP contribution in [0.15, 0.2) is 60.8 Å². The number of hydroxylamine groups is 2. The maximum atomic E-state index is 15.0. The number of carbonyl (C=O) groups is 7. The van der Waals surface area contributed by atoms with Crippen molar-refractivity contribution in [3.05, 3.63) is 83.7 Å². The number of ketones is 1. The minimum atomic E-state index is -1.25. The molecule has 57 heavy (non-hydrogen) atoms. The molecule has 1 aromatic heterocycles. The van der Waals surface area contributed by atoms with Crippen LogP contribution in [0.3, 0.4) is 0 Å². The van der Waals surface area contributed by atoms with E-state index in [9.17, 15) is 43.1 Å². The van der Waals surface area contributed by atoms with Crippen LogP contribution in [0.25, 0.3) is 11.1 Å². The lowest BCUT2D eigenvalue weighted by atomic mass is 9.82. The van der Waals surface area contributed by atoms with Crippen LogP contribution < -0.4 is 11.1 Å². The summed E-state index contributed by atoms with van der Waals surface area (Å²) in [6.07, 6.45) is 0.948. The Labute approximate surface area is 329 Å². The fraction of sp³-hybridized carbons (Fsp3) is 0.439. The van der Waals surface area contributed by atoms with Crippen LogP contribution in [-0.4, -0.2) is 80.1 Å². The van der Waals surface area contributed by atoms with Crippen molar-refractivity contribution in [3.63, 3.8) is 0 Å². The number of carbonyl (C=O) groups excluding carboxylic acids is 7. The van der Waals surface area contributed by atoms with E-state index < -0.39 is 83.4 Å². The molecule has 1 aliphatic heterocycles. The number of nitrogens with two attached hydrogens (primary N) is 1. The molecule has 0 bridgehead atoms. The molecule has 4 rings (SSSR count). The van der Waals surface area contributed by atoms with Gasteiger partial charge in [-0.1, -0.05) is 51.1 Å². The molecule has 0 spiro atoms. The summed E-state index contributed by atoms with van der Waals surface area (Å²) in [5.41, 5.74) is 6.68. The number of imide groups is 1. The lowest BCUT2D eigenvalue weighted by Gasteiger charge is -2.41. The molecular formula is C41H49F2N5O9. The quantitative estimate of drug-likeness (QED) is 0.111. The lowest BCUT2D eigenvalue weighted by Crippen LogP contribution is -2.44. The fourth-order valence-corrected chi connectivity index (χ4v) is 6.77. The number of hydrogen-bond donors (Lipinski definition) is 3. The van der Waals surface area contributed by atoms with Crippen LogP contribution in [0.1, 0.15) is 95.9 Å². The smallest absolute Gasteiger partial charge is 0.333 e. The first-order chi connectivity index (χ1) is 27.0. The van der Waals surface area contributed by atoms with Gasteiger partial charge in [0.1, 0.15) is 18.2 Å². The van der Waals surface area contributed by atoms with Crippen molar-refractivity contribution in [3.8, 4) is 11.1 Å². The molecule has 14 nitrogen and oxygen atoms in total. The molecule has 4 N–H and O–H groups in total. The van der Waals surface area contributed by atoms with Crippen LogP contribution in [0, 0.1) is 17.0 Å². The second kappa shape index (κ2) is 19.9. The van der Waals surface area contributed by atoms with Crippen molar-refractivity contribution in [2.24, 2.45) is 11.1 Å². The summed E-state index contributed by atoms with van der Waals surface area (Å²) in [5.74, 6) is -5.95. The number of Topliss-reactive ketones (excluding diaryl/α,β-unsaturated/α-hetero) is 1. The van der Waals surface area contributed by atoms with Crippen LogP contribution in [0.2, 0.25) is 0 Å². The van der Waals surface area contributed by atoms with Gasteiger partial charge in [-0.05, 0) is 54.5 Å². The zero-order chi connectivity index (χ0) is 41.9. The van der Waals surface area contributed by atoms with E-state index in [-0.39, 0.29) is 63.5 Å². The number of hydrogen-bond acceptors (Lipinski definition) is 9. The highest BCUT2D eigenvalue weighted by atomic mass is 19.1. The summed E-state index contributed by atoms with van der Waals surface area (Å²) in [6.45, 7) is 5.36. The molecule has 306 valence electrons. The van der Waals surface area contributed by atoms with E-state index in [1.807, 2.05) is 55.7 Å². The van der Waals surface area contributed by atoms with Crippen molar-refractivity contribution in [1.82, 2.24) is 19.8 Å².